The van der Waals surface area contributed by atoms with Crippen LogP contribution < -0.4 is 10.0 Å². The van der Waals surface area contributed by atoms with E-state index in [2.05, 4.69) is 10.0 Å². The molecule has 0 fully saturated rings. The highest BCUT2D eigenvalue weighted by atomic mass is 32.2. The number of amides is 1. The highest BCUT2D eigenvalue weighted by Crippen LogP contribution is 2.12. The number of nitrogens with one attached hydrogen (secondary N) is 2. The Balaban J connectivity index is 1.93. The molecule has 2 N–H and O–H groups in total. The van der Waals surface area contributed by atoms with E-state index in [0.717, 1.165) is 0 Å². The maximum absolute atomic E-state index is 12.3. The number of hydrogen-bond acceptors (Lipinski definition) is 6. The summed E-state index contributed by atoms with van der Waals surface area (Å²) in [5, 5.41) is 2.56. The minimum absolute atomic E-state index is 0.0134. The number of rotatable bonds is 8. The second-order valence-electron chi connectivity index (χ2n) is 6.36. The molecule has 2 aromatic carbocycles. The Morgan fingerprint density at radius 3 is 2.07 bits per heavy atom. The fourth-order valence-electron chi connectivity index (χ4n) is 2.31. The van der Waals surface area contributed by atoms with Gasteiger partial charge in [-0.3, -0.25) is 14.4 Å². The average Bonchev–Trinajstić information content (AvgIpc) is 2.68. The van der Waals surface area contributed by atoms with Crippen LogP contribution in [-0.2, 0) is 24.3 Å². The maximum atomic E-state index is 12.3. The highest BCUT2D eigenvalue weighted by molar-refractivity contribution is 7.89. The second-order valence-corrected chi connectivity index (χ2v) is 8.07. The molecule has 2 unspecified atom stereocenters. The van der Waals surface area contributed by atoms with Crippen molar-refractivity contribution in [3.8, 4) is 0 Å². The molecule has 0 aliphatic carbocycles. The van der Waals surface area contributed by atoms with Gasteiger partial charge in [-0.1, -0.05) is 18.2 Å². The number of carbonyl (C=O) groups excluding carboxylic acids is 3. The summed E-state index contributed by atoms with van der Waals surface area (Å²) < 4.78 is 31.8. The summed E-state index contributed by atoms with van der Waals surface area (Å²) in [7, 11) is -3.90. The van der Waals surface area contributed by atoms with Crippen LogP contribution in [0.2, 0.25) is 0 Å². The number of ketones is 1. The van der Waals surface area contributed by atoms with Gasteiger partial charge in [-0.15, -0.1) is 0 Å². The number of hydrogen-bond donors (Lipinski definition) is 2. The summed E-state index contributed by atoms with van der Waals surface area (Å²) in [6.45, 7) is 4.13. The molecule has 0 spiro atoms. The molecule has 0 saturated carbocycles. The summed E-state index contributed by atoms with van der Waals surface area (Å²) in [4.78, 5) is 35.7. The van der Waals surface area contributed by atoms with Crippen LogP contribution >= 0.6 is 0 Å². The van der Waals surface area contributed by atoms with E-state index >= 15 is 0 Å². The van der Waals surface area contributed by atoms with Crippen molar-refractivity contribution in [2.75, 3.05) is 5.32 Å². The van der Waals surface area contributed by atoms with Crippen LogP contribution in [0.4, 0.5) is 5.69 Å². The van der Waals surface area contributed by atoms with Crippen molar-refractivity contribution < 1.29 is 27.5 Å². The minimum Gasteiger partial charge on any atom is -0.451 e. The van der Waals surface area contributed by atoms with Crippen LogP contribution in [0, 0.1) is 0 Å². The monoisotopic (exact) mass is 418 g/mol. The first-order chi connectivity index (χ1) is 13.6. The van der Waals surface area contributed by atoms with E-state index in [1.165, 1.54) is 32.9 Å². The molecule has 1 amide bonds. The van der Waals surface area contributed by atoms with Gasteiger partial charge in [-0.2, -0.15) is 4.72 Å². The Morgan fingerprint density at radius 1 is 0.931 bits per heavy atom. The molecule has 2 aromatic rings. The van der Waals surface area contributed by atoms with Gasteiger partial charge in [0.05, 0.1) is 4.90 Å². The molecule has 0 heterocycles. The number of carbonyl (C=O) groups is 3. The van der Waals surface area contributed by atoms with Crippen molar-refractivity contribution in [3.63, 3.8) is 0 Å². The summed E-state index contributed by atoms with van der Waals surface area (Å²) in [6, 6.07) is 12.6. The Labute approximate surface area is 169 Å². The molecule has 0 aromatic heterocycles. The number of benzene rings is 2. The average molecular weight is 418 g/mol. The van der Waals surface area contributed by atoms with E-state index in [0.29, 0.717) is 11.3 Å². The first kappa shape index (κ1) is 22.3. The van der Waals surface area contributed by atoms with Crippen molar-refractivity contribution >= 4 is 33.4 Å². The number of anilines is 1. The number of esters is 1. The maximum Gasteiger partial charge on any atom is 0.324 e. The quantitative estimate of drug-likeness (QED) is 0.501. The lowest BCUT2D eigenvalue weighted by molar-refractivity contribution is -0.154. The lowest BCUT2D eigenvalue weighted by Crippen LogP contribution is -2.42. The molecule has 29 heavy (non-hydrogen) atoms. The zero-order valence-corrected chi connectivity index (χ0v) is 17.0. The van der Waals surface area contributed by atoms with Crippen LogP contribution in [0.1, 0.15) is 31.1 Å². The van der Waals surface area contributed by atoms with Gasteiger partial charge in [0.2, 0.25) is 10.0 Å². The van der Waals surface area contributed by atoms with Gasteiger partial charge >= 0.3 is 5.97 Å². The molecule has 0 aliphatic rings. The zero-order chi connectivity index (χ0) is 21.6. The topological polar surface area (TPSA) is 119 Å². The molecule has 8 nitrogen and oxygen atoms in total. The lowest BCUT2D eigenvalue weighted by atomic mass is 10.1. The Kier molecular flexibility index (Phi) is 7.24. The third-order valence-corrected chi connectivity index (χ3v) is 5.52. The predicted molar refractivity (Wildman–Crippen MR) is 107 cm³/mol. The van der Waals surface area contributed by atoms with Crippen molar-refractivity contribution in [1.82, 2.24) is 4.72 Å². The van der Waals surface area contributed by atoms with Crippen molar-refractivity contribution in [2.24, 2.45) is 0 Å². The van der Waals surface area contributed by atoms with Gasteiger partial charge < -0.3 is 10.1 Å². The third kappa shape index (κ3) is 6.23. The smallest absolute Gasteiger partial charge is 0.324 e. The summed E-state index contributed by atoms with van der Waals surface area (Å²) in [5.74, 6) is -1.58. The van der Waals surface area contributed by atoms with E-state index < -0.39 is 34.0 Å². The molecule has 0 saturated heterocycles. The normalized spacial score (nSPS) is 13.2. The molecule has 9 heteroatoms. The molecular weight excluding hydrogens is 396 g/mol. The van der Waals surface area contributed by atoms with Crippen molar-refractivity contribution in [2.45, 2.75) is 37.8 Å². The van der Waals surface area contributed by atoms with E-state index in [-0.39, 0.29) is 10.7 Å². The fourth-order valence-corrected chi connectivity index (χ4v) is 3.52. The molecule has 0 radical (unpaired) electrons. The second kappa shape index (κ2) is 9.44. The molecule has 2 rings (SSSR count). The molecule has 2 atom stereocenters. The van der Waals surface area contributed by atoms with Gasteiger partial charge in [-0.25, -0.2) is 8.42 Å². The predicted octanol–water partition coefficient (Wildman–Crippen LogP) is 2.13. The SMILES string of the molecule is CC(=O)c1ccc(NC(=O)C(C)OC(=O)C(C)NS(=O)(=O)c2ccccc2)cc1. The van der Waals surface area contributed by atoms with E-state index in [1.54, 1.807) is 42.5 Å². The van der Waals surface area contributed by atoms with Gasteiger partial charge in [0.25, 0.3) is 5.91 Å². The number of ether oxygens (including phenoxy) is 1. The Hall–Kier alpha value is -3.04. The first-order valence-corrected chi connectivity index (χ1v) is 10.3. The largest absolute Gasteiger partial charge is 0.451 e. The summed E-state index contributed by atoms with van der Waals surface area (Å²) >= 11 is 0. The van der Waals surface area contributed by atoms with Crippen molar-refractivity contribution in [3.05, 3.63) is 60.2 Å². The summed E-state index contributed by atoms with van der Waals surface area (Å²) in [5.41, 5.74) is 0.933. The molecule has 0 aliphatic heterocycles. The number of sulfonamides is 1. The first-order valence-electron chi connectivity index (χ1n) is 8.80. The highest BCUT2D eigenvalue weighted by Gasteiger charge is 2.26. The third-order valence-electron chi connectivity index (χ3n) is 3.96. The van der Waals surface area contributed by atoms with Gasteiger partial charge in [0.15, 0.2) is 11.9 Å². The molecular formula is C20H22N2O6S. The van der Waals surface area contributed by atoms with Gasteiger partial charge in [-0.05, 0) is 57.2 Å². The molecule has 154 valence electrons. The van der Waals surface area contributed by atoms with Crippen LogP contribution in [0.25, 0.3) is 0 Å². The fraction of sp³-hybridized carbons (Fsp3) is 0.250. The lowest BCUT2D eigenvalue weighted by Gasteiger charge is -2.17. The summed E-state index contributed by atoms with van der Waals surface area (Å²) in [6.07, 6.45) is -1.15. The molecule has 0 bridgehead atoms. The standard InChI is InChI=1S/C20H22N2O6S/c1-13(22-29(26,27)18-7-5-4-6-8-18)20(25)28-15(3)19(24)21-17-11-9-16(10-12-17)14(2)23/h4-13,15,22H,1-3H3,(H,21,24). The van der Waals surface area contributed by atoms with Crippen LogP contribution in [0.3, 0.4) is 0 Å². The van der Waals surface area contributed by atoms with Gasteiger partial charge in [0, 0.05) is 11.3 Å². The number of Topliss-reactive ketones (excluding diaryl/α,β-unsaturated/α-hetero) is 1. The van der Waals surface area contributed by atoms with E-state index in [4.69, 9.17) is 4.74 Å². The van der Waals surface area contributed by atoms with E-state index in [9.17, 15) is 22.8 Å². The van der Waals surface area contributed by atoms with Crippen LogP contribution in [-0.4, -0.2) is 38.2 Å². The minimum atomic E-state index is -3.90. The Bertz CT molecular complexity index is 987. The Morgan fingerprint density at radius 2 is 1.52 bits per heavy atom. The zero-order valence-electron chi connectivity index (χ0n) is 16.2. The van der Waals surface area contributed by atoms with E-state index in [1.807, 2.05) is 0 Å². The van der Waals surface area contributed by atoms with Gasteiger partial charge in [0.1, 0.15) is 6.04 Å². The van der Waals surface area contributed by atoms with Crippen LogP contribution in [0.5, 0.6) is 0 Å². The van der Waals surface area contributed by atoms with Crippen LogP contribution in [0.15, 0.2) is 59.5 Å². The van der Waals surface area contributed by atoms with Crippen molar-refractivity contribution in [1.29, 1.82) is 0 Å².